The molecular formula is C21H18N4O2. The number of pyridine rings is 2. The van der Waals surface area contributed by atoms with Crippen LogP contribution >= 0.6 is 0 Å². The molecule has 0 saturated carbocycles. The van der Waals surface area contributed by atoms with Gasteiger partial charge in [0, 0.05) is 24.1 Å². The van der Waals surface area contributed by atoms with Crippen LogP contribution < -0.4 is 14.8 Å². The number of hydrogen-bond acceptors (Lipinski definition) is 5. The Morgan fingerprint density at radius 3 is 2.74 bits per heavy atom. The highest BCUT2D eigenvalue weighted by Gasteiger charge is 2.18. The summed E-state index contributed by atoms with van der Waals surface area (Å²) in [7, 11) is 0. The zero-order valence-electron chi connectivity index (χ0n) is 14.8. The molecule has 0 saturated heterocycles. The van der Waals surface area contributed by atoms with E-state index in [9.17, 15) is 0 Å². The molecule has 0 amide bonds. The van der Waals surface area contributed by atoms with Crippen molar-refractivity contribution in [3.8, 4) is 22.9 Å². The van der Waals surface area contributed by atoms with Crippen LogP contribution in [0.5, 0.6) is 11.5 Å². The second-order valence-corrected chi connectivity index (χ2v) is 6.39. The van der Waals surface area contributed by atoms with Crippen molar-refractivity contribution >= 4 is 17.2 Å². The summed E-state index contributed by atoms with van der Waals surface area (Å²) in [6.45, 7) is 3.19. The standard InChI is InChI=1S/C21H18N4O2/c1-14-5-4-10-25-20(14)24-19(16-6-2-3-9-22-16)21(25)23-15-7-8-17-18(13-15)27-12-11-26-17/h2-10,13,23H,11-12H2,1H3. The third-order valence-corrected chi connectivity index (χ3v) is 4.56. The Balaban J connectivity index is 1.64. The van der Waals surface area contributed by atoms with Gasteiger partial charge in [0.05, 0.1) is 5.69 Å². The molecule has 4 heterocycles. The van der Waals surface area contributed by atoms with Crippen molar-refractivity contribution in [2.75, 3.05) is 18.5 Å². The van der Waals surface area contributed by atoms with E-state index in [0.717, 1.165) is 45.6 Å². The lowest BCUT2D eigenvalue weighted by molar-refractivity contribution is 0.171. The monoisotopic (exact) mass is 358 g/mol. The van der Waals surface area contributed by atoms with Crippen LogP contribution in [0.2, 0.25) is 0 Å². The largest absolute Gasteiger partial charge is 0.486 e. The Morgan fingerprint density at radius 1 is 1.00 bits per heavy atom. The van der Waals surface area contributed by atoms with E-state index in [2.05, 4.69) is 27.7 Å². The number of ether oxygens (including phenoxy) is 2. The molecule has 6 nitrogen and oxygen atoms in total. The van der Waals surface area contributed by atoms with Gasteiger partial charge < -0.3 is 14.8 Å². The van der Waals surface area contributed by atoms with Crippen LogP contribution in [0.25, 0.3) is 17.0 Å². The molecule has 1 aliphatic heterocycles. The molecule has 1 N–H and O–H groups in total. The summed E-state index contributed by atoms with van der Waals surface area (Å²) >= 11 is 0. The summed E-state index contributed by atoms with van der Waals surface area (Å²) in [4.78, 5) is 9.33. The molecule has 0 unspecified atom stereocenters. The summed E-state index contributed by atoms with van der Waals surface area (Å²) in [5.74, 6) is 2.38. The van der Waals surface area contributed by atoms with Crippen molar-refractivity contribution in [1.29, 1.82) is 0 Å². The Bertz CT molecular complexity index is 1120. The van der Waals surface area contributed by atoms with Crippen LogP contribution in [-0.2, 0) is 0 Å². The van der Waals surface area contributed by atoms with Crippen molar-refractivity contribution < 1.29 is 9.47 Å². The number of benzene rings is 1. The summed E-state index contributed by atoms with van der Waals surface area (Å²) in [5, 5.41) is 3.50. The van der Waals surface area contributed by atoms with E-state index in [1.54, 1.807) is 6.20 Å². The number of aryl methyl sites for hydroxylation is 1. The number of nitrogens with zero attached hydrogens (tertiary/aromatic N) is 3. The average molecular weight is 358 g/mol. The van der Waals surface area contributed by atoms with Gasteiger partial charge in [0.2, 0.25) is 0 Å². The minimum atomic E-state index is 0.560. The van der Waals surface area contributed by atoms with Gasteiger partial charge in [-0.15, -0.1) is 0 Å². The van der Waals surface area contributed by atoms with Crippen LogP contribution in [0.1, 0.15) is 5.56 Å². The molecule has 3 aromatic heterocycles. The molecule has 27 heavy (non-hydrogen) atoms. The Morgan fingerprint density at radius 2 is 1.89 bits per heavy atom. The molecule has 0 fully saturated rings. The molecular weight excluding hydrogens is 340 g/mol. The van der Waals surface area contributed by atoms with Crippen molar-refractivity contribution in [3.63, 3.8) is 0 Å². The second kappa shape index (κ2) is 6.32. The van der Waals surface area contributed by atoms with Crippen molar-refractivity contribution in [2.24, 2.45) is 0 Å². The first-order chi connectivity index (χ1) is 13.3. The molecule has 0 spiro atoms. The molecule has 0 bridgehead atoms. The van der Waals surface area contributed by atoms with E-state index < -0.39 is 0 Å². The summed E-state index contributed by atoms with van der Waals surface area (Å²) in [6, 6.07) is 15.7. The summed E-state index contributed by atoms with van der Waals surface area (Å²) in [5.41, 5.74) is 4.53. The maximum atomic E-state index is 5.70. The van der Waals surface area contributed by atoms with E-state index >= 15 is 0 Å². The topological polar surface area (TPSA) is 60.7 Å². The van der Waals surface area contributed by atoms with Crippen molar-refractivity contribution in [1.82, 2.24) is 14.4 Å². The fraction of sp³-hybridized carbons (Fsp3) is 0.143. The first-order valence-corrected chi connectivity index (χ1v) is 8.85. The SMILES string of the molecule is Cc1cccn2c(Nc3ccc4c(c3)OCCO4)c(-c3ccccn3)nc12. The molecule has 0 aliphatic carbocycles. The quantitative estimate of drug-likeness (QED) is 0.594. The molecule has 134 valence electrons. The molecule has 4 aromatic rings. The van der Waals surface area contributed by atoms with Gasteiger partial charge in [0.1, 0.15) is 30.4 Å². The molecule has 1 aliphatic rings. The van der Waals surface area contributed by atoms with Crippen molar-refractivity contribution in [2.45, 2.75) is 6.92 Å². The van der Waals surface area contributed by atoms with Crippen LogP contribution in [0.4, 0.5) is 11.5 Å². The van der Waals surface area contributed by atoms with Crippen LogP contribution in [0.15, 0.2) is 60.9 Å². The minimum absolute atomic E-state index is 0.560. The maximum Gasteiger partial charge on any atom is 0.163 e. The highest BCUT2D eigenvalue weighted by atomic mass is 16.6. The van der Waals surface area contributed by atoms with Gasteiger partial charge in [0.25, 0.3) is 0 Å². The molecule has 5 rings (SSSR count). The predicted molar refractivity (Wildman–Crippen MR) is 104 cm³/mol. The number of rotatable bonds is 3. The Kier molecular flexibility index (Phi) is 3.67. The number of nitrogens with one attached hydrogen (secondary N) is 1. The fourth-order valence-corrected chi connectivity index (χ4v) is 3.26. The summed E-state index contributed by atoms with van der Waals surface area (Å²) < 4.78 is 13.4. The number of fused-ring (bicyclic) bond motifs is 2. The second-order valence-electron chi connectivity index (χ2n) is 6.39. The molecule has 1 aromatic carbocycles. The lowest BCUT2D eigenvalue weighted by Crippen LogP contribution is -2.15. The van der Waals surface area contributed by atoms with Gasteiger partial charge in [-0.25, -0.2) is 4.98 Å². The molecule has 0 radical (unpaired) electrons. The van der Waals surface area contributed by atoms with Gasteiger partial charge in [-0.05, 0) is 42.8 Å². The molecule has 6 heteroatoms. The van der Waals surface area contributed by atoms with Gasteiger partial charge in [-0.1, -0.05) is 12.1 Å². The lowest BCUT2D eigenvalue weighted by Gasteiger charge is -2.19. The van der Waals surface area contributed by atoms with E-state index in [4.69, 9.17) is 14.5 Å². The van der Waals surface area contributed by atoms with E-state index in [-0.39, 0.29) is 0 Å². The van der Waals surface area contributed by atoms with Gasteiger partial charge in [0.15, 0.2) is 11.5 Å². The number of hydrogen-bond donors (Lipinski definition) is 1. The van der Waals surface area contributed by atoms with E-state index in [1.165, 1.54) is 0 Å². The number of anilines is 2. The first kappa shape index (κ1) is 15.7. The third kappa shape index (κ3) is 2.75. The van der Waals surface area contributed by atoms with Gasteiger partial charge in [-0.3, -0.25) is 9.38 Å². The Labute approximate surface area is 156 Å². The normalized spacial score (nSPS) is 12.9. The molecule has 0 atom stereocenters. The maximum absolute atomic E-state index is 5.70. The third-order valence-electron chi connectivity index (χ3n) is 4.56. The highest BCUT2D eigenvalue weighted by molar-refractivity contribution is 5.79. The summed E-state index contributed by atoms with van der Waals surface area (Å²) in [6.07, 6.45) is 3.78. The lowest BCUT2D eigenvalue weighted by atomic mass is 10.2. The smallest absolute Gasteiger partial charge is 0.163 e. The van der Waals surface area contributed by atoms with E-state index in [0.29, 0.717) is 13.2 Å². The van der Waals surface area contributed by atoms with Crippen molar-refractivity contribution in [3.05, 3.63) is 66.5 Å². The zero-order chi connectivity index (χ0) is 18.2. The highest BCUT2D eigenvalue weighted by Crippen LogP contribution is 2.36. The fourth-order valence-electron chi connectivity index (χ4n) is 3.26. The number of imidazole rings is 1. The zero-order valence-corrected chi connectivity index (χ0v) is 14.8. The first-order valence-electron chi connectivity index (χ1n) is 8.85. The average Bonchev–Trinajstić information content (AvgIpc) is 3.08. The van der Waals surface area contributed by atoms with E-state index in [1.807, 2.05) is 48.7 Å². The van der Waals surface area contributed by atoms with Gasteiger partial charge >= 0.3 is 0 Å². The van der Waals surface area contributed by atoms with Crippen LogP contribution in [-0.4, -0.2) is 27.6 Å². The van der Waals surface area contributed by atoms with Crippen LogP contribution in [0, 0.1) is 6.92 Å². The number of aromatic nitrogens is 3. The predicted octanol–water partition coefficient (Wildman–Crippen LogP) is 4.22. The minimum Gasteiger partial charge on any atom is -0.486 e. The Hall–Kier alpha value is -3.54. The van der Waals surface area contributed by atoms with Crippen LogP contribution in [0.3, 0.4) is 0 Å². The van der Waals surface area contributed by atoms with Gasteiger partial charge in [-0.2, -0.15) is 0 Å².